The molecule has 7 heteroatoms. The van der Waals surface area contributed by atoms with E-state index in [4.69, 9.17) is 11.6 Å². The number of hydrogen-bond donors (Lipinski definition) is 3. The van der Waals surface area contributed by atoms with Crippen LogP contribution in [0.3, 0.4) is 0 Å². The second-order valence-electron chi connectivity index (χ2n) is 6.75. The van der Waals surface area contributed by atoms with Crippen molar-refractivity contribution in [3.63, 3.8) is 0 Å². The van der Waals surface area contributed by atoms with Gasteiger partial charge in [0.2, 0.25) is 5.91 Å². The van der Waals surface area contributed by atoms with E-state index in [1.807, 2.05) is 25.1 Å². The van der Waals surface area contributed by atoms with Crippen LogP contribution in [0.4, 0.5) is 10.5 Å². The van der Waals surface area contributed by atoms with Crippen LogP contribution in [-0.4, -0.2) is 17.8 Å². The minimum absolute atomic E-state index is 0.145. The summed E-state index contributed by atoms with van der Waals surface area (Å²) in [7, 11) is 0. The highest BCUT2D eigenvalue weighted by Gasteiger charge is 2.43. The molecule has 0 radical (unpaired) electrons. The fourth-order valence-corrected chi connectivity index (χ4v) is 3.13. The Morgan fingerprint density at radius 2 is 1.96 bits per heavy atom. The lowest BCUT2D eigenvalue weighted by molar-refractivity contribution is -0.123. The molecule has 1 heterocycles. The van der Waals surface area contributed by atoms with E-state index in [1.54, 1.807) is 31.2 Å². The zero-order chi connectivity index (χ0) is 19.6. The van der Waals surface area contributed by atoms with Gasteiger partial charge in [-0.1, -0.05) is 35.9 Å². The molecule has 0 bridgehead atoms. The smallest absolute Gasteiger partial charge is 0.322 e. The lowest BCUT2D eigenvalue weighted by Gasteiger charge is -2.21. The molecular formula is C20H20ClN3O3. The van der Waals surface area contributed by atoms with Crippen molar-refractivity contribution in [2.45, 2.75) is 32.2 Å². The van der Waals surface area contributed by atoms with Crippen LogP contribution in [-0.2, 0) is 21.5 Å². The zero-order valence-corrected chi connectivity index (χ0v) is 15.8. The Labute approximate surface area is 162 Å². The first-order valence-electron chi connectivity index (χ1n) is 8.57. The molecule has 0 saturated carbocycles. The van der Waals surface area contributed by atoms with Crippen LogP contribution in [0, 0.1) is 6.92 Å². The van der Waals surface area contributed by atoms with Gasteiger partial charge in [0.1, 0.15) is 5.54 Å². The molecule has 0 aliphatic carbocycles. The first-order chi connectivity index (χ1) is 12.8. The Hall–Kier alpha value is -2.86. The van der Waals surface area contributed by atoms with Gasteiger partial charge in [-0.15, -0.1) is 0 Å². The van der Waals surface area contributed by atoms with Gasteiger partial charge in [0.15, 0.2) is 0 Å². The van der Waals surface area contributed by atoms with Crippen molar-refractivity contribution < 1.29 is 14.4 Å². The molecule has 27 heavy (non-hydrogen) atoms. The molecule has 1 fully saturated rings. The van der Waals surface area contributed by atoms with E-state index >= 15 is 0 Å². The summed E-state index contributed by atoms with van der Waals surface area (Å²) in [5.74, 6) is -0.568. The Balaban J connectivity index is 1.65. The Morgan fingerprint density at radius 3 is 2.63 bits per heavy atom. The van der Waals surface area contributed by atoms with E-state index in [1.165, 1.54) is 0 Å². The van der Waals surface area contributed by atoms with Gasteiger partial charge in [-0.05, 0) is 55.2 Å². The summed E-state index contributed by atoms with van der Waals surface area (Å²) in [4.78, 5) is 35.8. The van der Waals surface area contributed by atoms with Crippen molar-refractivity contribution in [3.05, 3.63) is 64.2 Å². The highest BCUT2D eigenvalue weighted by atomic mass is 35.5. The number of carbonyl (C=O) groups excluding carboxylic acids is 3. The zero-order valence-electron chi connectivity index (χ0n) is 15.1. The molecule has 1 atom stereocenters. The third-order valence-electron chi connectivity index (χ3n) is 4.65. The summed E-state index contributed by atoms with van der Waals surface area (Å²) >= 11 is 6.11. The maximum atomic E-state index is 12.3. The van der Waals surface area contributed by atoms with Crippen molar-refractivity contribution in [2.75, 3.05) is 5.32 Å². The quantitative estimate of drug-likeness (QED) is 0.690. The average molecular weight is 386 g/mol. The van der Waals surface area contributed by atoms with Gasteiger partial charge in [0.25, 0.3) is 5.91 Å². The number of urea groups is 1. The molecule has 140 valence electrons. The standard InChI is InChI=1S/C20H20ClN3O3/c1-12-6-7-13(10-16(12)21)8-9-17(25)22-15-5-3-4-14(11-15)20(2)18(26)23-19(27)24-20/h3-7,10-11H,8-9H2,1-2H3,(H,22,25)(H2,23,24,26,27)/t20-/m1/s1. The number of aryl methyl sites for hydroxylation is 2. The van der Waals surface area contributed by atoms with Crippen LogP contribution >= 0.6 is 11.6 Å². The molecule has 2 aromatic rings. The summed E-state index contributed by atoms with van der Waals surface area (Å²) in [6, 6.07) is 12.1. The van der Waals surface area contributed by atoms with Gasteiger partial charge in [-0.3, -0.25) is 14.9 Å². The number of rotatable bonds is 5. The fourth-order valence-electron chi connectivity index (χ4n) is 2.93. The van der Waals surface area contributed by atoms with Gasteiger partial charge in [0.05, 0.1) is 0 Å². The predicted octanol–water partition coefficient (Wildman–Crippen LogP) is 3.27. The number of carbonyl (C=O) groups is 3. The maximum Gasteiger partial charge on any atom is 0.322 e. The minimum atomic E-state index is -1.16. The molecule has 3 N–H and O–H groups in total. The van der Waals surface area contributed by atoms with Crippen LogP contribution in [0.25, 0.3) is 0 Å². The lowest BCUT2D eigenvalue weighted by atomic mass is 9.92. The molecule has 3 rings (SSSR count). The van der Waals surface area contributed by atoms with Crippen LogP contribution in [0.15, 0.2) is 42.5 Å². The second kappa shape index (κ2) is 7.40. The fraction of sp³-hybridized carbons (Fsp3) is 0.250. The van der Waals surface area contributed by atoms with Crippen LogP contribution < -0.4 is 16.0 Å². The van der Waals surface area contributed by atoms with Crippen LogP contribution in [0.5, 0.6) is 0 Å². The molecule has 6 nitrogen and oxygen atoms in total. The van der Waals surface area contributed by atoms with E-state index in [0.717, 1.165) is 11.1 Å². The van der Waals surface area contributed by atoms with E-state index in [0.29, 0.717) is 29.1 Å². The summed E-state index contributed by atoms with van der Waals surface area (Å²) in [6.45, 7) is 3.55. The first kappa shape index (κ1) is 18.9. The number of benzene rings is 2. The third kappa shape index (κ3) is 4.11. The van der Waals surface area contributed by atoms with E-state index in [-0.39, 0.29) is 5.91 Å². The lowest BCUT2D eigenvalue weighted by Crippen LogP contribution is -2.40. The highest BCUT2D eigenvalue weighted by molar-refractivity contribution is 6.31. The van der Waals surface area contributed by atoms with Gasteiger partial charge in [-0.25, -0.2) is 4.79 Å². The number of imide groups is 1. The van der Waals surface area contributed by atoms with Crippen molar-refractivity contribution in [1.82, 2.24) is 10.6 Å². The molecular weight excluding hydrogens is 366 g/mol. The van der Waals surface area contributed by atoms with E-state index in [9.17, 15) is 14.4 Å². The highest BCUT2D eigenvalue weighted by Crippen LogP contribution is 2.26. The topological polar surface area (TPSA) is 87.3 Å². The maximum absolute atomic E-state index is 12.3. The number of amides is 4. The van der Waals surface area contributed by atoms with Gasteiger partial charge < -0.3 is 10.6 Å². The minimum Gasteiger partial charge on any atom is -0.326 e. The van der Waals surface area contributed by atoms with Crippen LogP contribution in [0.1, 0.15) is 30.0 Å². The molecule has 2 aromatic carbocycles. The Kier molecular flexibility index (Phi) is 5.19. The van der Waals surface area contributed by atoms with Crippen molar-refractivity contribution in [1.29, 1.82) is 0 Å². The van der Waals surface area contributed by atoms with Gasteiger partial charge >= 0.3 is 6.03 Å². The summed E-state index contributed by atoms with van der Waals surface area (Å²) in [5, 5.41) is 8.35. The molecule has 1 saturated heterocycles. The van der Waals surface area contributed by atoms with Crippen molar-refractivity contribution in [2.24, 2.45) is 0 Å². The van der Waals surface area contributed by atoms with Crippen LogP contribution in [0.2, 0.25) is 5.02 Å². The number of anilines is 1. The molecule has 4 amide bonds. The summed E-state index contributed by atoms with van der Waals surface area (Å²) < 4.78 is 0. The normalized spacial score (nSPS) is 18.8. The van der Waals surface area contributed by atoms with E-state index < -0.39 is 17.5 Å². The number of hydrogen-bond acceptors (Lipinski definition) is 3. The third-order valence-corrected chi connectivity index (χ3v) is 5.05. The molecule has 0 unspecified atom stereocenters. The SMILES string of the molecule is Cc1ccc(CCC(=O)Nc2cccc([C@@]3(C)NC(=O)NC3=O)c2)cc1Cl. The van der Waals surface area contributed by atoms with Gasteiger partial charge in [-0.2, -0.15) is 0 Å². The van der Waals surface area contributed by atoms with Crippen molar-refractivity contribution in [3.8, 4) is 0 Å². The first-order valence-corrected chi connectivity index (χ1v) is 8.95. The van der Waals surface area contributed by atoms with Crippen molar-refractivity contribution >= 4 is 35.1 Å². The molecule has 0 spiro atoms. The summed E-state index contributed by atoms with van der Waals surface area (Å²) in [5.41, 5.74) is 1.99. The number of halogens is 1. The summed E-state index contributed by atoms with van der Waals surface area (Å²) in [6.07, 6.45) is 0.875. The van der Waals surface area contributed by atoms with Gasteiger partial charge in [0, 0.05) is 17.1 Å². The van der Waals surface area contributed by atoms with E-state index in [2.05, 4.69) is 16.0 Å². The number of nitrogens with one attached hydrogen (secondary N) is 3. The monoisotopic (exact) mass is 385 g/mol. The molecule has 0 aromatic heterocycles. The molecule has 1 aliphatic rings. The Morgan fingerprint density at radius 1 is 1.19 bits per heavy atom. The average Bonchev–Trinajstić information content (AvgIpc) is 2.89. The predicted molar refractivity (Wildman–Crippen MR) is 104 cm³/mol. The second-order valence-corrected chi connectivity index (χ2v) is 7.15. The Bertz CT molecular complexity index is 928. The largest absolute Gasteiger partial charge is 0.326 e. The molecule has 1 aliphatic heterocycles.